The van der Waals surface area contributed by atoms with Gasteiger partial charge in [0.2, 0.25) is 0 Å². The van der Waals surface area contributed by atoms with Crippen molar-refractivity contribution in [2.45, 2.75) is 97.5 Å². The molecule has 2 rings (SSSR count). The number of nitrogens with zero attached hydrogens (tertiary/aromatic N) is 1. The molecule has 6 nitrogen and oxygen atoms in total. The Labute approximate surface area is 187 Å². The molecule has 0 saturated heterocycles. The minimum absolute atomic E-state index is 0.390. The second kappa shape index (κ2) is 13.2. The zero-order chi connectivity index (χ0) is 22.5. The van der Waals surface area contributed by atoms with E-state index in [9.17, 15) is 4.79 Å². The van der Waals surface area contributed by atoms with Gasteiger partial charge in [-0.25, -0.2) is 4.79 Å². The summed E-state index contributed by atoms with van der Waals surface area (Å²) in [4.78, 5) is 16.1. The third kappa shape index (κ3) is 10.6. The fourth-order valence-corrected chi connectivity index (χ4v) is 3.45. The van der Waals surface area contributed by atoms with E-state index in [1.165, 1.54) is 56.9 Å². The monoisotopic (exact) mass is 431 g/mol. The number of amides is 1. The Morgan fingerprint density at radius 2 is 1.71 bits per heavy atom. The molecule has 0 aliphatic rings. The number of nitrogens with one attached hydrogen (secondary N) is 2. The van der Waals surface area contributed by atoms with Crippen LogP contribution in [0.5, 0.6) is 0 Å². The van der Waals surface area contributed by atoms with E-state index in [2.05, 4.69) is 34.7 Å². The average molecular weight is 432 g/mol. The first-order valence-corrected chi connectivity index (χ1v) is 12.0. The Morgan fingerprint density at radius 1 is 1.00 bits per heavy atom. The van der Waals surface area contributed by atoms with E-state index < -0.39 is 11.7 Å². The van der Waals surface area contributed by atoms with Crippen LogP contribution in [0, 0.1) is 0 Å². The highest BCUT2D eigenvalue weighted by molar-refractivity contribution is 5.75. The highest BCUT2D eigenvalue weighted by Crippen LogP contribution is 2.21. The van der Waals surface area contributed by atoms with Crippen LogP contribution in [0.3, 0.4) is 0 Å². The molecule has 1 amide bonds. The van der Waals surface area contributed by atoms with Crippen LogP contribution in [-0.2, 0) is 11.2 Å². The second-order valence-corrected chi connectivity index (χ2v) is 9.25. The lowest BCUT2D eigenvalue weighted by molar-refractivity contribution is 0.0528. The van der Waals surface area contributed by atoms with Crippen LogP contribution in [0.4, 0.5) is 10.8 Å². The Morgan fingerprint density at radius 3 is 2.42 bits per heavy atom. The second-order valence-electron chi connectivity index (χ2n) is 9.25. The average Bonchev–Trinajstić information content (AvgIpc) is 3.10. The SMILES string of the molecule is CCCCCCCCCCc1ccc2nc(NCCCNC(=O)OC(C)(C)C)oc2c1. The van der Waals surface area contributed by atoms with Gasteiger partial charge < -0.3 is 19.8 Å². The number of carbonyl (C=O) groups excluding carboxylic acids is 1. The van der Waals surface area contributed by atoms with E-state index in [1.54, 1.807) is 0 Å². The lowest BCUT2D eigenvalue weighted by Crippen LogP contribution is -2.33. The third-order valence-corrected chi connectivity index (χ3v) is 5.07. The van der Waals surface area contributed by atoms with E-state index in [4.69, 9.17) is 9.15 Å². The number of carbonyl (C=O) groups is 1. The van der Waals surface area contributed by atoms with Crippen molar-refractivity contribution in [3.8, 4) is 0 Å². The molecule has 0 fully saturated rings. The first kappa shape index (κ1) is 25.0. The third-order valence-electron chi connectivity index (χ3n) is 5.07. The Bertz CT molecular complexity index is 780. The minimum Gasteiger partial charge on any atom is -0.444 e. The first-order chi connectivity index (χ1) is 14.9. The number of aryl methyl sites for hydroxylation is 1. The van der Waals surface area contributed by atoms with Crippen LogP contribution in [0.15, 0.2) is 22.6 Å². The summed E-state index contributed by atoms with van der Waals surface area (Å²) in [6.07, 6.45) is 12.1. The van der Waals surface area contributed by atoms with Crippen molar-refractivity contribution >= 4 is 23.2 Å². The number of benzene rings is 1. The molecule has 0 bridgehead atoms. The van der Waals surface area contributed by atoms with Gasteiger partial charge in [0.15, 0.2) is 5.58 Å². The minimum atomic E-state index is -0.479. The maximum absolute atomic E-state index is 11.6. The number of fused-ring (bicyclic) bond motifs is 1. The van der Waals surface area contributed by atoms with Crippen molar-refractivity contribution in [1.82, 2.24) is 10.3 Å². The van der Waals surface area contributed by atoms with Crippen LogP contribution in [0.1, 0.15) is 91.0 Å². The molecule has 2 N–H and O–H groups in total. The van der Waals surface area contributed by atoms with Crippen molar-refractivity contribution in [1.29, 1.82) is 0 Å². The van der Waals surface area contributed by atoms with Crippen LogP contribution in [0.25, 0.3) is 11.1 Å². The largest absolute Gasteiger partial charge is 0.444 e. The van der Waals surface area contributed by atoms with Crippen LogP contribution in [-0.4, -0.2) is 29.8 Å². The van der Waals surface area contributed by atoms with Gasteiger partial charge in [-0.2, -0.15) is 4.98 Å². The number of anilines is 1. The summed E-state index contributed by atoms with van der Waals surface area (Å²) in [5.41, 5.74) is 2.52. The van der Waals surface area contributed by atoms with Gasteiger partial charge in [0.1, 0.15) is 11.1 Å². The summed E-state index contributed by atoms with van der Waals surface area (Å²) in [6.45, 7) is 9.00. The summed E-state index contributed by atoms with van der Waals surface area (Å²) in [5, 5.41) is 5.93. The molecule has 0 unspecified atom stereocenters. The normalized spacial score (nSPS) is 11.6. The van der Waals surface area contributed by atoms with Crippen molar-refractivity contribution in [3.63, 3.8) is 0 Å². The number of ether oxygens (including phenoxy) is 1. The molecule has 0 saturated carbocycles. The number of unbranched alkanes of at least 4 members (excludes halogenated alkanes) is 7. The van der Waals surface area contributed by atoms with Crippen LogP contribution < -0.4 is 10.6 Å². The number of hydrogen-bond acceptors (Lipinski definition) is 5. The smallest absolute Gasteiger partial charge is 0.407 e. The number of alkyl carbamates (subject to hydrolysis) is 1. The molecular weight excluding hydrogens is 390 g/mol. The molecule has 0 aliphatic heterocycles. The van der Waals surface area contributed by atoms with E-state index >= 15 is 0 Å². The molecular formula is C25H41N3O3. The molecule has 0 spiro atoms. The molecule has 0 atom stereocenters. The molecule has 0 aliphatic carbocycles. The van der Waals surface area contributed by atoms with Crippen molar-refractivity contribution in [2.75, 3.05) is 18.4 Å². The predicted octanol–water partition coefficient (Wildman–Crippen LogP) is 6.84. The van der Waals surface area contributed by atoms with E-state index in [0.29, 0.717) is 19.1 Å². The van der Waals surface area contributed by atoms with E-state index in [-0.39, 0.29) is 0 Å². The first-order valence-electron chi connectivity index (χ1n) is 12.0. The van der Waals surface area contributed by atoms with Gasteiger partial charge in [0.25, 0.3) is 6.01 Å². The van der Waals surface area contributed by atoms with Crippen molar-refractivity contribution in [2.24, 2.45) is 0 Å². The Hall–Kier alpha value is -2.24. The standard InChI is InChI=1S/C25H41N3O3/c1-5-6-7-8-9-10-11-12-14-20-15-16-21-22(19-20)30-23(28-21)26-17-13-18-27-24(29)31-25(2,3)4/h15-16,19H,5-14,17-18H2,1-4H3,(H,26,28)(H,27,29). The van der Waals surface area contributed by atoms with Crippen molar-refractivity contribution in [3.05, 3.63) is 23.8 Å². The van der Waals surface area contributed by atoms with Gasteiger partial charge in [-0.1, -0.05) is 57.9 Å². The van der Waals surface area contributed by atoms with E-state index in [1.807, 2.05) is 26.8 Å². The fraction of sp³-hybridized carbons (Fsp3) is 0.680. The topological polar surface area (TPSA) is 76.4 Å². The van der Waals surface area contributed by atoms with E-state index in [0.717, 1.165) is 23.9 Å². The van der Waals surface area contributed by atoms with Gasteiger partial charge in [-0.15, -0.1) is 0 Å². The maximum atomic E-state index is 11.6. The zero-order valence-electron chi connectivity index (χ0n) is 19.9. The molecule has 31 heavy (non-hydrogen) atoms. The number of aromatic nitrogens is 1. The Kier molecular flexibility index (Phi) is 10.7. The summed E-state index contributed by atoms with van der Waals surface area (Å²) in [5.74, 6) is 0. The lowest BCUT2D eigenvalue weighted by Gasteiger charge is -2.19. The van der Waals surface area contributed by atoms with Gasteiger partial charge >= 0.3 is 6.09 Å². The molecule has 174 valence electrons. The van der Waals surface area contributed by atoms with Crippen molar-refractivity contribution < 1.29 is 13.9 Å². The van der Waals surface area contributed by atoms with Gasteiger partial charge in [-0.3, -0.25) is 0 Å². The summed E-state index contributed by atoms with van der Waals surface area (Å²) < 4.78 is 11.1. The van der Waals surface area contributed by atoms with Crippen LogP contribution in [0.2, 0.25) is 0 Å². The van der Waals surface area contributed by atoms with Gasteiger partial charge in [-0.05, 0) is 57.7 Å². The van der Waals surface area contributed by atoms with Crippen LogP contribution >= 0.6 is 0 Å². The predicted molar refractivity (Wildman–Crippen MR) is 128 cm³/mol. The number of hydrogen-bond donors (Lipinski definition) is 2. The molecule has 0 radical (unpaired) electrons. The highest BCUT2D eigenvalue weighted by atomic mass is 16.6. The zero-order valence-corrected chi connectivity index (χ0v) is 19.9. The number of oxazole rings is 1. The summed E-state index contributed by atoms with van der Waals surface area (Å²) >= 11 is 0. The molecule has 1 aromatic carbocycles. The van der Waals surface area contributed by atoms with Gasteiger partial charge in [0.05, 0.1) is 0 Å². The number of rotatable bonds is 14. The maximum Gasteiger partial charge on any atom is 0.407 e. The fourth-order valence-electron chi connectivity index (χ4n) is 3.45. The molecule has 1 heterocycles. The molecule has 6 heteroatoms. The lowest BCUT2D eigenvalue weighted by atomic mass is 10.0. The summed E-state index contributed by atoms with van der Waals surface area (Å²) in [7, 11) is 0. The summed E-state index contributed by atoms with van der Waals surface area (Å²) in [6, 6.07) is 6.82. The molecule has 1 aromatic heterocycles. The molecule has 2 aromatic rings. The quantitative estimate of drug-likeness (QED) is 0.320. The Balaban J connectivity index is 1.64. The van der Waals surface area contributed by atoms with Gasteiger partial charge in [0, 0.05) is 13.1 Å². The highest BCUT2D eigenvalue weighted by Gasteiger charge is 2.15.